The minimum Gasteiger partial charge on any atom is -0.483 e. The van der Waals surface area contributed by atoms with Crippen LogP contribution in [0.1, 0.15) is 42.5 Å². The Hall–Kier alpha value is -3.12. The number of nitrogens with one attached hydrogen (secondary N) is 1. The van der Waals surface area contributed by atoms with Crippen molar-refractivity contribution in [2.45, 2.75) is 59.2 Å². The van der Waals surface area contributed by atoms with E-state index in [0.717, 1.165) is 33.1 Å². The Morgan fingerprint density at radius 2 is 1.69 bits per heavy atom. The van der Waals surface area contributed by atoms with Crippen LogP contribution in [0.25, 0.3) is 0 Å². The van der Waals surface area contributed by atoms with E-state index in [1.54, 1.807) is 4.90 Å². The van der Waals surface area contributed by atoms with Gasteiger partial charge in [0.05, 0.1) is 0 Å². The first-order valence-electron chi connectivity index (χ1n) is 12.3. The van der Waals surface area contributed by atoms with Gasteiger partial charge in [0.2, 0.25) is 5.91 Å². The highest BCUT2D eigenvalue weighted by Crippen LogP contribution is 2.21. The normalized spacial score (nSPS) is 12.5. The van der Waals surface area contributed by atoms with Crippen LogP contribution in [0.5, 0.6) is 5.75 Å². The summed E-state index contributed by atoms with van der Waals surface area (Å²) < 4.78 is 6.87. The van der Waals surface area contributed by atoms with Gasteiger partial charge in [-0.05, 0) is 62.1 Å². The Balaban J connectivity index is 1.92. The van der Waals surface area contributed by atoms with Gasteiger partial charge in [-0.3, -0.25) is 9.59 Å². The second-order valence-electron chi connectivity index (χ2n) is 9.23. The third-order valence-electron chi connectivity index (χ3n) is 6.20. The number of aryl methyl sites for hydroxylation is 2. The van der Waals surface area contributed by atoms with Crippen LogP contribution in [0, 0.1) is 13.8 Å². The summed E-state index contributed by atoms with van der Waals surface area (Å²) in [6, 6.07) is 22.8. The molecule has 0 spiro atoms. The second-order valence-corrected chi connectivity index (χ2v) is 10.1. The lowest BCUT2D eigenvalue weighted by molar-refractivity contribution is -0.143. The fraction of sp³-hybridized carbons (Fsp3) is 0.333. The van der Waals surface area contributed by atoms with Gasteiger partial charge in [0.15, 0.2) is 6.61 Å². The number of hydrogen-bond acceptors (Lipinski definition) is 3. The molecule has 190 valence electrons. The largest absolute Gasteiger partial charge is 0.483 e. The predicted molar refractivity (Wildman–Crippen MR) is 148 cm³/mol. The van der Waals surface area contributed by atoms with E-state index in [4.69, 9.17) is 4.74 Å². The number of hydrogen-bond donors (Lipinski definition) is 1. The van der Waals surface area contributed by atoms with E-state index in [-0.39, 0.29) is 24.5 Å². The average Bonchev–Trinajstić information content (AvgIpc) is 2.86. The molecule has 0 saturated carbocycles. The zero-order valence-corrected chi connectivity index (χ0v) is 23.0. The molecule has 36 heavy (non-hydrogen) atoms. The summed E-state index contributed by atoms with van der Waals surface area (Å²) in [6.45, 7) is 8.12. The molecule has 2 amide bonds. The molecular weight excluding hydrogens is 516 g/mol. The maximum absolute atomic E-state index is 13.7. The standard InChI is InChI=1S/C30H35BrN2O3/c1-5-23(4)32-30(35)27(18-24-10-7-6-8-11-24)33(19-25-12-9-13-26(31)17-25)29(34)20-36-28-15-14-21(2)16-22(28)3/h6-17,23,27H,5,18-20H2,1-4H3,(H,32,35)/t23-,27+/m1/s1. The van der Waals surface area contributed by atoms with Crippen LogP contribution in [-0.2, 0) is 22.6 Å². The molecule has 0 unspecified atom stereocenters. The molecule has 1 N–H and O–H groups in total. The van der Waals surface area contributed by atoms with Gasteiger partial charge in [0.1, 0.15) is 11.8 Å². The summed E-state index contributed by atoms with van der Waals surface area (Å²) in [7, 11) is 0. The van der Waals surface area contributed by atoms with Crippen molar-refractivity contribution in [1.82, 2.24) is 10.2 Å². The van der Waals surface area contributed by atoms with Crippen molar-refractivity contribution in [3.8, 4) is 5.75 Å². The molecule has 3 rings (SSSR count). The van der Waals surface area contributed by atoms with Crippen molar-refractivity contribution < 1.29 is 14.3 Å². The van der Waals surface area contributed by atoms with Crippen molar-refractivity contribution >= 4 is 27.7 Å². The van der Waals surface area contributed by atoms with Gasteiger partial charge in [-0.2, -0.15) is 0 Å². The Morgan fingerprint density at radius 3 is 2.36 bits per heavy atom. The molecule has 6 heteroatoms. The van der Waals surface area contributed by atoms with E-state index in [1.165, 1.54) is 0 Å². The van der Waals surface area contributed by atoms with Gasteiger partial charge in [-0.15, -0.1) is 0 Å². The Labute approximate surface area is 223 Å². The molecule has 0 aliphatic heterocycles. The molecule has 3 aromatic carbocycles. The zero-order valence-electron chi connectivity index (χ0n) is 21.5. The van der Waals surface area contributed by atoms with Crippen molar-refractivity contribution in [2.75, 3.05) is 6.61 Å². The van der Waals surface area contributed by atoms with E-state index in [2.05, 4.69) is 21.2 Å². The van der Waals surface area contributed by atoms with E-state index >= 15 is 0 Å². The Kier molecular flexibility index (Phi) is 10.1. The minimum absolute atomic E-state index is 0.00468. The summed E-state index contributed by atoms with van der Waals surface area (Å²) in [5.41, 5.74) is 4.02. The first kappa shape index (κ1) is 27.5. The van der Waals surface area contributed by atoms with Crippen LogP contribution in [0.3, 0.4) is 0 Å². The Morgan fingerprint density at radius 1 is 0.972 bits per heavy atom. The smallest absolute Gasteiger partial charge is 0.261 e. The lowest BCUT2D eigenvalue weighted by Gasteiger charge is -2.32. The summed E-state index contributed by atoms with van der Waals surface area (Å²) in [4.78, 5) is 28.9. The van der Waals surface area contributed by atoms with Gasteiger partial charge < -0.3 is 15.0 Å². The number of carbonyl (C=O) groups is 2. The van der Waals surface area contributed by atoms with Crippen LogP contribution >= 0.6 is 15.9 Å². The zero-order chi connectivity index (χ0) is 26.1. The lowest BCUT2D eigenvalue weighted by Crippen LogP contribution is -2.53. The lowest BCUT2D eigenvalue weighted by atomic mass is 10.0. The van der Waals surface area contributed by atoms with Crippen LogP contribution in [0.15, 0.2) is 77.3 Å². The topological polar surface area (TPSA) is 58.6 Å². The first-order chi connectivity index (χ1) is 17.3. The number of carbonyl (C=O) groups excluding carboxylic acids is 2. The molecule has 0 heterocycles. The fourth-order valence-corrected chi connectivity index (χ4v) is 4.46. The van der Waals surface area contributed by atoms with Crippen molar-refractivity contribution in [2.24, 2.45) is 0 Å². The van der Waals surface area contributed by atoms with Crippen LogP contribution in [0.4, 0.5) is 0 Å². The molecular formula is C30H35BrN2O3. The van der Waals surface area contributed by atoms with Crippen molar-refractivity contribution in [3.63, 3.8) is 0 Å². The monoisotopic (exact) mass is 550 g/mol. The van der Waals surface area contributed by atoms with Gasteiger partial charge in [0, 0.05) is 23.5 Å². The molecule has 0 radical (unpaired) electrons. The highest BCUT2D eigenvalue weighted by Gasteiger charge is 2.31. The molecule has 2 atom stereocenters. The molecule has 0 saturated heterocycles. The summed E-state index contributed by atoms with van der Waals surface area (Å²) in [5, 5.41) is 3.09. The molecule has 5 nitrogen and oxygen atoms in total. The van der Waals surface area contributed by atoms with E-state index in [1.807, 2.05) is 100 Å². The number of ether oxygens (including phenoxy) is 1. The molecule has 0 bridgehead atoms. The summed E-state index contributed by atoms with van der Waals surface area (Å²) in [6.07, 6.45) is 1.21. The quantitative estimate of drug-likeness (QED) is 0.318. The van der Waals surface area contributed by atoms with E-state index < -0.39 is 6.04 Å². The fourth-order valence-electron chi connectivity index (χ4n) is 4.01. The third kappa shape index (κ3) is 7.95. The number of nitrogens with zero attached hydrogens (tertiary/aromatic N) is 1. The minimum atomic E-state index is -0.685. The SMILES string of the molecule is CC[C@@H](C)NC(=O)[C@H](Cc1ccccc1)N(Cc1cccc(Br)c1)C(=O)COc1ccc(C)cc1C. The van der Waals surface area contributed by atoms with Crippen LogP contribution in [-0.4, -0.2) is 35.4 Å². The molecule has 0 aromatic heterocycles. The molecule has 0 aliphatic carbocycles. The van der Waals surface area contributed by atoms with Crippen LogP contribution in [0.2, 0.25) is 0 Å². The maximum Gasteiger partial charge on any atom is 0.261 e. The summed E-state index contributed by atoms with van der Waals surface area (Å²) >= 11 is 3.52. The average molecular weight is 552 g/mol. The number of halogens is 1. The Bertz CT molecular complexity index is 1170. The number of benzene rings is 3. The van der Waals surface area contributed by atoms with Gasteiger partial charge in [-0.25, -0.2) is 0 Å². The second kappa shape index (κ2) is 13.3. The first-order valence-corrected chi connectivity index (χ1v) is 13.1. The third-order valence-corrected chi connectivity index (χ3v) is 6.69. The van der Waals surface area contributed by atoms with Crippen LogP contribution < -0.4 is 10.1 Å². The maximum atomic E-state index is 13.7. The summed E-state index contributed by atoms with van der Waals surface area (Å²) in [5.74, 6) is 0.262. The molecule has 0 aliphatic rings. The highest BCUT2D eigenvalue weighted by molar-refractivity contribution is 9.10. The van der Waals surface area contributed by atoms with Gasteiger partial charge >= 0.3 is 0 Å². The van der Waals surface area contributed by atoms with E-state index in [9.17, 15) is 9.59 Å². The van der Waals surface area contributed by atoms with Crippen molar-refractivity contribution in [3.05, 3.63) is 99.5 Å². The van der Waals surface area contributed by atoms with Gasteiger partial charge in [-0.1, -0.05) is 83.0 Å². The number of rotatable bonds is 11. The highest BCUT2D eigenvalue weighted by atomic mass is 79.9. The molecule has 0 fully saturated rings. The predicted octanol–water partition coefficient (Wildman–Crippen LogP) is 6.00. The van der Waals surface area contributed by atoms with Gasteiger partial charge in [0.25, 0.3) is 5.91 Å². The van der Waals surface area contributed by atoms with E-state index in [0.29, 0.717) is 18.7 Å². The molecule has 3 aromatic rings. The van der Waals surface area contributed by atoms with Crippen molar-refractivity contribution in [1.29, 1.82) is 0 Å². The number of amides is 2.